The molecule has 4 N–H and O–H groups in total. The third kappa shape index (κ3) is 3.07. The number of rotatable bonds is 5. The topological polar surface area (TPSA) is 113 Å². The van der Waals surface area contributed by atoms with Gasteiger partial charge in [0, 0.05) is 37.3 Å². The van der Waals surface area contributed by atoms with Crippen molar-refractivity contribution in [2.75, 3.05) is 23.7 Å². The van der Waals surface area contributed by atoms with E-state index in [9.17, 15) is 5.11 Å². The molecular formula is C16H22N6O2. The Labute approximate surface area is 140 Å². The lowest BCUT2D eigenvalue weighted by molar-refractivity contribution is 0.111. The summed E-state index contributed by atoms with van der Waals surface area (Å²) >= 11 is 0. The predicted octanol–water partition coefficient (Wildman–Crippen LogP) is 1.03. The SMILES string of the molecule is C[C@@H]1CN(c2ccnc(N)n2)C[C@H]1NC(O)c1cc(C2CC2)on1. The average Bonchev–Trinajstić information content (AvgIpc) is 3.18. The molecule has 8 nitrogen and oxygen atoms in total. The van der Waals surface area contributed by atoms with Gasteiger partial charge in [-0.25, -0.2) is 4.98 Å². The quantitative estimate of drug-likeness (QED) is 0.697. The normalized spacial score (nSPS) is 25.2. The smallest absolute Gasteiger partial charge is 0.221 e. The van der Waals surface area contributed by atoms with Crippen LogP contribution in [0, 0.1) is 5.92 Å². The Morgan fingerprint density at radius 2 is 2.25 bits per heavy atom. The van der Waals surface area contributed by atoms with Gasteiger partial charge in [-0.1, -0.05) is 12.1 Å². The van der Waals surface area contributed by atoms with E-state index in [0.29, 0.717) is 17.5 Å². The van der Waals surface area contributed by atoms with E-state index in [1.165, 1.54) is 0 Å². The molecule has 1 saturated carbocycles. The van der Waals surface area contributed by atoms with Crippen LogP contribution in [0.1, 0.15) is 43.4 Å². The van der Waals surface area contributed by atoms with Crippen molar-refractivity contribution in [3.8, 4) is 0 Å². The van der Waals surface area contributed by atoms with Crippen LogP contribution in [0.5, 0.6) is 0 Å². The first kappa shape index (κ1) is 15.3. The highest BCUT2D eigenvalue weighted by Gasteiger charge is 2.33. The third-order valence-electron chi connectivity index (χ3n) is 4.77. The summed E-state index contributed by atoms with van der Waals surface area (Å²) in [5.74, 6) is 2.80. The van der Waals surface area contributed by atoms with Gasteiger partial charge in [-0.2, -0.15) is 4.98 Å². The first-order valence-corrected chi connectivity index (χ1v) is 8.34. The molecule has 0 radical (unpaired) electrons. The van der Waals surface area contributed by atoms with Crippen LogP contribution in [0.25, 0.3) is 0 Å². The molecule has 2 aromatic rings. The number of nitrogens with zero attached hydrogens (tertiary/aromatic N) is 4. The van der Waals surface area contributed by atoms with Gasteiger partial charge in [0.2, 0.25) is 5.95 Å². The molecule has 3 atom stereocenters. The number of nitrogens with two attached hydrogens (primary N) is 1. The molecule has 0 bridgehead atoms. The summed E-state index contributed by atoms with van der Waals surface area (Å²) in [6.45, 7) is 3.72. The molecule has 24 heavy (non-hydrogen) atoms. The van der Waals surface area contributed by atoms with Crippen molar-refractivity contribution in [1.29, 1.82) is 0 Å². The number of hydrogen-bond acceptors (Lipinski definition) is 8. The largest absolute Gasteiger partial charge is 0.373 e. The number of aromatic nitrogens is 3. The van der Waals surface area contributed by atoms with E-state index >= 15 is 0 Å². The maximum atomic E-state index is 10.4. The molecule has 8 heteroatoms. The molecule has 3 heterocycles. The summed E-state index contributed by atoms with van der Waals surface area (Å²) in [4.78, 5) is 10.3. The van der Waals surface area contributed by atoms with Crippen LogP contribution in [0.4, 0.5) is 11.8 Å². The average molecular weight is 330 g/mol. The Morgan fingerprint density at radius 1 is 1.42 bits per heavy atom. The van der Waals surface area contributed by atoms with Gasteiger partial charge in [-0.3, -0.25) is 5.32 Å². The summed E-state index contributed by atoms with van der Waals surface area (Å²) in [5, 5.41) is 17.7. The van der Waals surface area contributed by atoms with Gasteiger partial charge in [0.1, 0.15) is 17.3 Å². The Bertz CT molecular complexity index is 716. The zero-order valence-corrected chi connectivity index (χ0v) is 13.6. The van der Waals surface area contributed by atoms with Gasteiger partial charge in [-0.15, -0.1) is 0 Å². The van der Waals surface area contributed by atoms with Gasteiger partial charge in [-0.05, 0) is 24.8 Å². The van der Waals surface area contributed by atoms with E-state index in [-0.39, 0.29) is 12.0 Å². The van der Waals surface area contributed by atoms with Crippen molar-refractivity contribution in [3.05, 3.63) is 29.8 Å². The summed E-state index contributed by atoms with van der Waals surface area (Å²) in [6.07, 6.45) is 3.13. The first-order valence-electron chi connectivity index (χ1n) is 8.34. The standard InChI is InChI=1S/C16H22N6O2/c1-9-7-22(14-4-5-18-16(17)20-14)8-12(9)19-15(23)11-6-13(24-21-11)10-2-3-10/h4-6,9-10,12,15,19,23H,2-3,7-8H2,1H3,(H2,17,18,20)/t9-,12-,15?/m1/s1. The Kier molecular flexibility index (Phi) is 3.85. The second kappa shape index (κ2) is 6.03. The highest BCUT2D eigenvalue weighted by atomic mass is 16.5. The van der Waals surface area contributed by atoms with E-state index in [1.807, 2.05) is 12.1 Å². The number of hydrogen-bond donors (Lipinski definition) is 3. The number of nitrogen functional groups attached to an aromatic ring is 1. The van der Waals surface area contributed by atoms with Crippen LogP contribution in [0.2, 0.25) is 0 Å². The minimum absolute atomic E-state index is 0.122. The lowest BCUT2D eigenvalue weighted by atomic mass is 10.1. The highest BCUT2D eigenvalue weighted by molar-refractivity contribution is 5.42. The zero-order chi connectivity index (χ0) is 16.7. The Hall–Kier alpha value is -2.19. The van der Waals surface area contributed by atoms with E-state index in [4.69, 9.17) is 10.3 Å². The molecule has 1 saturated heterocycles. The molecule has 1 aliphatic carbocycles. The van der Waals surface area contributed by atoms with Crippen molar-refractivity contribution < 1.29 is 9.63 Å². The molecule has 2 aromatic heterocycles. The fraction of sp³-hybridized carbons (Fsp3) is 0.562. The highest BCUT2D eigenvalue weighted by Crippen LogP contribution is 2.40. The van der Waals surface area contributed by atoms with Crippen LogP contribution < -0.4 is 16.0 Å². The predicted molar refractivity (Wildman–Crippen MR) is 88.2 cm³/mol. The molecule has 2 fully saturated rings. The number of anilines is 2. The molecule has 1 aliphatic heterocycles. The van der Waals surface area contributed by atoms with E-state index in [2.05, 4.69) is 32.3 Å². The lowest BCUT2D eigenvalue weighted by Gasteiger charge is -2.20. The van der Waals surface area contributed by atoms with E-state index in [0.717, 1.165) is 37.5 Å². The Balaban J connectivity index is 1.40. The molecule has 4 rings (SSSR count). The van der Waals surface area contributed by atoms with Crippen molar-refractivity contribution in [2.45, 2.75) is 38.0 Å². The van der Waals surface area contributed by atoms with Crippen LogP contribution >= 0.6 is 0 Å². The molecule has 0 amide bonds. The summed E-state index contributed by atoms with van der Waals surface area (Å²) in [6, 6.07) is 3.83. The third-order valence-corrected chi connectivity index (χ3v) is 4.77. The van der Waals surface area contributed by atoms with Gasteiger partial charge in [0.15, 0.2) is 6.23 Å². The van der Waals surface area contributed by atoms with Crippen LogP contribution in [0.3, 0.4) is 0 Å². The summed E-state index contributed by atoms with van der Waals surface area (Å²) in [7, 11) is 0. The summed E-state index contributed by atoms with van der Waals surface area (Å²) < 4.78 is 5.31. The molecule has 1 unspecified atom stereocenters. The van der Waals surface area contributed by atoms with E-state index < -0.39 is 6.23 Å². The van der Waals surface area contributed by atoms with Crippen LogP contribution in [-0.4, -0.2) is 39.4 Å². The Morgan fingerprint density at radius 3 is 3.00 bits per heavy atom. The second-order valence-corrected chi connectivity index (χ2v) is 6.76. The monoisotopic (exact) mass is 330 g/mol. The first-order chi connectivity index (χ1) is 11.6. The minimum atomic E-state index is -0.830. The molecule has 0 spiro atoms. The second-order valence-electron chi connectivity index (χ2n) is 6.76. The molecule has 2 aliphatic rings. The molecule has 0 aromatic carbocycles. The zero-order valence-electron chi connectivity index (χ0n) is 13.6. The number of nitrogens with one attached hydrogen (secondary N) is 1. The molecular weight excluding hydrogens is 308 g/mol. The number of aliphatic hydroxyl groups excluding tert-OH is 1. The number of aliphatic hydroxyl groups is 1. The van der Waals surface area contributed by atoms with Crippen LogP contribution in [-0.2, 0) is 0 Å². The fourth-order valence-electron chi connectivity index (χ4n) is 3.19. The summed E-state index contributed by atoms with van der Waals surface area (Å²) in [5.41, 5.74) is 6.21. The van der Waals surface area contributed by atoms with Crippen LogP contribution in [0.15, 0.2) is 22.9 Å². The molecule has 128 valence electrons. The van der Waals surface area contributed by atoms with Crippen molar-refractivity contribution in [1.82, 2.24) is 20.4 Å². The van der Waals surface area contributed by atoms with Gasteiger partial charge in [0.25, 0.3) is 0 Å². The maximum absolute atomic E-state index is 10.4. The fourth-order valence-corrected chi connectivity index (χ4v) is 3.19. The van der Waals surface area contributed by atoms with Crippen molar-refractivity contribution in [3.63, 3.8) is 0 Å². The van der Waals surface area contributed by atoms with Crippen molar-refractivity contribution >= 4 is 11.8 Å². The van der Waals surface area contributed by atoms with Gasteiger partial charge >= 0.3 is 0 Å². The minimum Gasteiger partial charge on any atom is -0.373 e. The van der Waals surface area contributed by atoms with Gasteiger partial charge < -0.3 is 20.3 Å². The van der Waals surface area contributed by atoms with Gasteiger partial charge in [0.05, 0.1) is 0 Å². The maximum Gasteiger partial charge on any atom is 0.221 e. The lowest BCUT2D eigenvalue weighted by Crippen LogP contribution is -2.38. The van der Waals surface area contributed by atoms with Crippen molar-refractivity contribution in [2.24, 2.45) is 5.92 Å². The van der Waals surface area contributed by atoms with E-state index in [1.54, 1.807) is 6.20 Å².